The van der Waals surface area contributed by atoms with Gasteiger partial charge in [0.05, 0.1) is 5.75 Å². The van der Waals surface area contributed by atoms with Gasteiger partial charge in [0, 0.05) is 41.5 Å². The Balaban J connectivity index is 1.93. The summed E-state index contributed by atoms with van der Waals surface area (Å²) in [6, 6.07) is 13.5. The molecule has 0 aliphatic rings. The monoisotopic (exact) mass is 428 g/mol. The molecule has 2 amide bonds. The molecule has 0 fully saturated rings. The molecule has 1 heterocycles. The number of amides is 2. The third-order valence-corrected chi connectivity index (χ3v) is 5.54. The molecule has 1 N–H and O–H groups in total. The molecule has 158 valence electrons. The van der Waals surface area contributed by atoms with Crippen LogP contribution in [0.15, 0.2) is 52.9 Å². The number of hydrogen-bond acceptors (Lipinski definition) is 5. The lowest BCUT2D eigenvalue weighted by atomic mass is 10.1. The second-order valence-electron chi connectivity index (χ2n) is 6.99. The Morgan fingerprint density at radius 2 is 1.73 bits per heavy atom. The summed E-state index contributed by atoms with van der Waals surface area (Å²) in [6.45, 7) is 4.97. The lowest BCUT2D eigenvalue weighted by molar-refractivity contribution is 0.0772. The van der Waals surface area contributed by atoms with Crippen LogP contribution in [0.3, 0.4) is 0 Å². The number of furan rings is 1. The van der Waals surface area contributed by atoms with E-state index in [0.29, 0.717) is 40.9 Å². The molecule has 30 heavy (non-hydrogen) atoms. The van der Waals surface area contributed by atoms with Crippen LogP contribution < -0.4 is 5.32 Å². The van der Waals surface area contributed by atoms with Crippen LogP contribution in [0.2, 0.25) is 0 Å². The summed E-state index contributed by atoms with van der Waals surface area (Å²) in [5.74, 6) is -1.07. The topological polar surface area (TPSA) is 96.7 Å². The Kier molecular flexibility index (Phi) is 6.26. The average Bonchev–Trinajstić information content (AvgIpc) is 3.06. The van der Waals surface area contributed by atoms with Crippen LogP contribution in [0, 0.1) is 0 Å². The first-order valence-corrected chi connectivity index (χ1v) is 11.7. The molecule has 0 bridgehead atoms. The summed E-state index contributed by atoms with van der Waals surface area (Å²) in [7, 11) is -3.39. The van der Waals surface area contributed by atoms with E-state index in [2.05, 4.69) is 5.32 Å². The van der Waals surface area contributed by atoms with E-state index in [4.69, 9.17) is 4.42 Å². The molecule has 0 aliphatic heterocycles. The highest BCUT2D eigenvalue weighted by Gasteiger charge is 2.23. The highest BCUT2D eigenvalue weighted by atomic mass is 32.2. The third-order valence-electron chi connectivity index (χ3n) is 4.73. The van der Waals surface area contributed by atoms with Gasteiger partial charge < -0.3 is 14.6 Å². The molecule has 3 rings (SSSR count). The van der Waals surface area contributed by atoms with Gasteiger partial charge >= 0.3 is 0 Å². The van der Waals surface area contributed by atoms with Gasteiger partial charge in [0.2, 0.25) is 0 Å². The molecule has 0 atom stereocenters. The van der Waals surface area contributed by atoms with E-state index in [1.807, 2.05) is 13.8 Å². The molecule has 1 aromatic heterocycles. The number of hydrogen-bond donors (Lipinski definition) is 1. The average molecular weight is 429 g/mol. The number of nitrogens with zero attached hydrogens (tertiary/aromatic N) is 1. The quantitative estimate of drug-likeness (QED) is 0.619. The Labute approximate surface area is 175 Å². The molecule has 0 unspecified atom stereocenters. The molecular formula is C22H24N2O5S. The number of anilines is 1. The van der Waals surface area contributed by atoms with Crippen molar-refractivity contribution in [2.24, 2.45) is 0 Å². The fraction of sp³-hybridized carbons (Fsp3) is 0.273. The highest BCUT2D eigenvalue weighted by Crippen LogP contribution is 2.28. The van der Waals surface area contributed by atoms with Gasteiger partial charge in [-0.05, 0) is 38.1 Å². The van der Waals surface area contributed by atoms with Crippen molar-refractivity contribution in [1.82, 2.24) is 4.90 Å². The molecule has 7 nitrogen and oxygen atoms in total. The first kappa shape index (κ1) is 21.6. The smallest absolute Gasteiger partial charge is 0.291 e. The normalized spacial score (nSPS) is 11.4. The Hall–Kier alpha value is -3.13. The predicted octanol–water partition coefficient (Wildman–Crippen LogP) is 3.71. The van der Waals surface area contributed by atoms with Crippen LogP contribution in [-0.4, -0.2) is 44.5 Å². The lowest BCUT2D eigenvalue weighted by Crippen LogP contribution is -2.30. The van der Waals surface area contributed by atoms with Crippen molar-refractivity contribution in [3.8, 4) is 0 Å². The zero-order chi connectivity index (χ0) is 21.9. The third kappa shape index (κ3) is 4.71. The van der Waals surface area contributed by atoms with E-state index in [9.17, 15) is 18.0 Å². The number of carbonyl (C=O) groups excluding carboxylic acids is 2. The highest BCUT2D eigenvalue weighted by molar-refractivity contribution is 7.89. The Morgan fingerprint density at radius 1 is 1.03 bits per heavy atom. The van der Waals surface area contributed by atoms with Gasteiger partial charge in [-0.3, -0.25) is 9.59 Å². The maximum atomic E-state index is 12.9. The number of carbonyl (C=O) groups is 2. The minimum atomic E-state index is -3.39. The SMILES string of the molecule is CCN(CC)C(=O)c1cccc(NC(=O)c2oc3ccccc3c2CS(C)(=O)=O)c1. The van der Waals surface area contributed by atoms with Crippen LogP contribution in [0.1, 0.15) is 40.3 Å². The van der Waals surface area contributed by atoms with Crippen molar-refractivity contribution in [3.05, 3.63) is 65.4 Å². The van der Waals surface area contributed by atoms with Crippen molar-refractivity contribution in [2.75, 3.05) is 24.7 Å². The number of sulfone groups is 1. The fourth-order valence-electron chi connectivity index (χ4n) is 3.30. The zero-order valence-corrected chi connectivity index (χ0v) is 18.0. The van der Waals surface area contributed by atoms with Crippen molar-refractivity contribution in [1.29, 1.82) is 0 Å². The Bertz CT molecular complexity index is 1190. The second kappa shape index (κ2) is 8.71. The standard InChI is InChI=1S/C22H24N2O5S/c1-4-24(5-2)22(26)15-9-8-10-16(13-15)23-21(25)20-18(14-30(3,27)28)17-11-6-7-12-19(17)29-20/h6-13H,4-5,14H2,1-3H3,(H,23,25). The van der Waals surface area contributed by atoms with E-state index in [0.717, 1.165) is 6.26 Å². The molecule has 3 aromatic rings. The van der Waals surface area contributed by atoms with Gasteiger partial charge in [0.25, 0.3) is 11.8 Å². The van der Waals surface area contributed by atoms with Crippen LogP contribution >= 0.6 is 0 Å². The number of benzene rings is 2. The number of para-hydroxylation sites is 1. The van der Waals surface area contributed by atoms with Gasteiger partial charge in [-0.1, -0.05) is 24.3 Å². The molecule has 2 aromatic carbocycles. The van der Waals surface area contributed by atoms with Crippen molar-refractivity contribution in [3.63, 3.8) is 0 Å². The van der Waals surface area contributed by atoms with Crippen molar-refractivity contribution in [2.45, 2.75) is 19.6 Å². The van der Waals surface area contributed by atoms with Gasteiger partial charge in [-0.15, -0.1) is 0 Å². The van der Waals surface area contributed by atoms with E-state index >= 15 is 0 Å². The van der Waals surface area contributed by atoms with Crippen molar-refractivity contribution >= 4 is 38.3 Å². The van der Waals surface area contributed by atoms with Gasteiger partial charge in [-0.2, -0.15) is 0 Å². The van der Waals surface area contributed by atoms with Crippen LogP contribution in [0.25, 0.3) is 11.0 Å². The molecule has 0 spiro atoms. The van der Waals surface area contributed by atoms with Crippen LogP contribution in [-0.2, 0) is 15.6 Å². The predicted molar refractivity (Wildman–Crippen MR) is 116 cm³/mol. The summed E-state index contributed by atoms with van der Waals surface area (Å²) >= 11 is 0. The largest absolute Gasteiger partial charge is 0.451 e. The summed E-state index contributed by atoms with van der Waals surface area (Å²) in [5, 5.41) is 3.30. The molecule has 0 aliphatic carbocycles. The summed E-state index contributed by atoms with van der Waals surface area (Å²) in [4.78, 5) is 27.2. The molecule has 8 heteroatoms. The minimum absolute atomic E-state index is 0.0536. The van der Waals surface area contributed by atoms with E-state index in [-0.39, 0.29) is 17.4 Å². The van der Waals surface area contributed by atoms with E-state index in [1.165, 1.54) is 0 Å². The first-order chi connectivity index (χ1) is 14.2. The minimum Gasteiger partial charge on any atom is -0.451 e. The zero-order valence-electron chi connectivity index (χ0n) is 17.1. The van der Waals surface area contributed by atoms with Gasteiger partial charge in [0.1, 0.15) is 5.58 Å². The van der Waals surface area contributed by atoms with Gasteiger partial charge in [-0.25, -0.2) is 8.42 Å². The number of nitrogens with one attached hydrogen (secondary N) is 1. The van der Waals surface area contributed by atoms with Gasteiger partial charge in [0.15, 0.2) is 15.6 Å². The van der Waals surface area contributed by atoms with Crippen molar-refractivity contribution < 1.29 is 22.4 Å². The lowest BCUT2D eigenvalue weighted by Gasteiger charge is -2.19. The number of rotatable bonds is 7. The molecule has 0 saturated heterocycles. The summed E-state index contributed by atoms with van der Waals surface area (Å²) in [6.07, 6.45) is 1.11. The van der Waals surface area contributed by atoms with E-state index < -0.39 is 15.7 Å². The molecular weight excluding hydrogens is 404 g/mol. The fourth-order valence-corrected chi connectivity index (χ4v) is 4.11. The maximum Gasteiger partial charge on any atom is 0.291 e. The number of fused-ring (bicyclic) bond motifs is 1. The first-order valence-electron chi connectivity index (χ1n) is 9.62. The second-order valence-corrected chi connectivity index (χ2v) is 9.13. The van der Waals surface area contributed by atoms with Crippen LogP contribution in [0.4, 0.5) is 5.69 Å². The molecule has 0 radical (unpaired) electrons. The molecule has 0 saturated carbocycles. The maximum absolute atomic E-state index is 12.9. The van der Waals surface area contributed by atoms with Crippen LogP contribution in [0.5, 0.6) is 0 Å². The summed E-state index contributed by atoms with van der Waals surface area (Å²) < 4.78 is 29.5. The summed E-state index contributed by atoms with van der Waals surface area (Å²) in [5.41, 5.74) is 1.63. The Morgan fingerprint density at radius 3 is 2.40 bits per heavy atom. The van der Waals surface area contributed by atoms with E-state index in [1.54, 1.807) is 53.4 Å².